The van der Waals surface area contributed by atoms with Gasteiger partial charge in [0.25, 0.3) is 0 Å². The maximum Gasteiger partial charge on any atom is 0.110 e. The van der Waals surface area contributed by atoms with E-state index >= 15 is 0 Å². The van der Waals surface area contributed by atoms with Crippen molar-refractivity contribution < 1.29 is 0 Å². The largest absolute Gasteiger partial charge is 0.311 e. The molecule has 0 amide bonds. The van der Waals surface area contributed by atoms with Crippen molar-refractivity contribution in [2.45, 2.75) is 51.5 Å². The highest BCUT2D eigenvalue weighted by atomic mass is 32.1. The fourth-order valence-corrected chi connectivity index (χ4v) is 3.74. The third-order valence-electron chi connectivity index (χ3n) is 3.58. The molecule has 16 heavy (non-hydrogen) atoms. The molecule has 0 aromatic carbocycles. The number of hydrogen-bond acceptors (Lipinski definition) is 3. The van der Waals surface area contributed by atoms with Gasteiger partial charge in [0, 0.05) is 5.38 Å². The van der Waals surface area contributed by atoms with Crippen LogP contribution in [0.1, 0.15) is 62.2 Å². The van der Waals surface area contributed by atoms with Gasteiger partial charge in [0.1, 0.15) is 5.01 Å². The quantitative estimate of drug-likeness (QED) is 0.865. The second-order valence-corrected chi connectivity index (χ2v) is 5.97. The minimum absolute atomic E-state index is 0.486. The van der Waals surface area contributed by atoms with Gasteiger partial charge in [-0.05, 0) is 31.7 Å². The fraction of sp³-hybridized carbons (Fsp3) is 0.769. The van der Waals surface area contributed by atoms with Gasteiger partial charge in [0.05, 0.1) is 11.7 Å². The van der Waals surface area contributed by atoms with Crippen LogP contribution < -0.4 is 5.32 Å². The van der Waals surface area contributed by atoms with Crippen molar-refractivity contribution in [3.63, 3.8) is 0 Å². The summed E-state index contributed by atoms with van der Waals surface area (Å²) in [5.41, 5.74) is 1.25. The van der Waals surface area contributed by atoms with Crippen LogP contribution >= 0.6 is 11.3 Å². The number of nitrogens with one attached hydrogen (secondary N) is 1. The third-order valence-corrected chi connectivity index (χ3v) is 4.53. The van der Waals surface area contributed by atoms with Crippen LogP contribution in [-0.2, 0) is 0 Å². The highest BCUT2D eigenvalue weighted by Gasteiger charge is 2.27. The lowest BCUT2D eigenvalue weighted by molar-refractivity contribution is 0.388. The number of hydrogen-bond donors (Lipinski definition) is 1. The van der Waals surface area contributed by atoms with E-state index in [1.54, 1.807) is 0 Å². The van der Waals surface area contributed by atoms with Crippen molar-refractivity contribution in [3.8, 4) is 0 Å². The van der Waals surface area contributed by atoms with Crippen molar-refractivity contribution >= 4 is 11.3 Å². The van der Waals surface area contributed by atoms with Gasteiger partial charge in [-0.2, -0.15) is 0 Å². The molecule has 1 aliphatic rings. The molecule has 1 unspecified atom stereocenters. The molecule has 90 valence electrons. The molecule has 0 bridgehead atoms. The highest BCUT2D eigenvalue weighted by Crippen LogP contribution is 2.37. The summed E-state index contributed by atoms with van der Waals surface area (Å²) >= 11 is 1.82. The van der Waals surface area contributed by atoms with E-state index in [4.69, 9.17) is 4.98 Å². The first kappa shape index (κ1) is 12.1. The summed E-state index contributed by atoms with van der Waals surface area (Å²) in [6.07, 6.45) is 5.51. The standard InChI is InChI=1S/C13H22N2S/c1-9(2)11-8-16-13(15-11)12(14-3)10-6-4-5-7-10/h8-10,12,14H,4-7H2,1-3H3. The first-order valence-corrected chi connectivity index (χ1v) is 7.23. The number of thiazole rings is 1. The first-order valence-electron chi connectivity index (χ1n) is 6.35. The zero-order valence-electron chi connectivity index (χ0n) is 10.5. The molecule has 1 N–H and O–H groups in total. The lowest BCUT2D eigenvalue weighted by Crippen LogP contribution is -2.23. The van der Waals surface area contributed by atoms with Crippen LogP contribution in [0.15, 0.2) is 5.38 Å². The van der Waals surface area contributed by atoms with Gasteiger partial charge in [0.2, 0.25) is 0 Å². The molecule has 1 saturated carbocycles. The van der Waals surface area contributed by atoms with Crippen molar-refractivity contribution in [2.75, 3.05) is 7.05 Å². The Kier molecular flexibility index (Phi) is 3.98. The van der Waals surface area contributed by atoms with Gasteiger partial charge in [-0.25, -0.2) is 4.98 Å². The predicted molar refractivity (Wildman–Crippen MR) is 70.0 cm³/mol. The molecule has 1 heterocycles. The van der Waals surface area contributed by atoms with Gasteiger partial charge in [-0.3, -0.25) is 0 Å². The second kappa shape index (κ2) is 5.28. The third kappa shape index (κ3) is 2.46. The Labute approximate surface area is 102 Å². The molecule has 1 aliphatic carbocycles. The van der Waals surface area contributed by atoms with Gasteiger partial charge >= 0.3 is 0 Å². The Morgan fingerprint density at radius 2 is 2.06 bits per heavy atom. The first-order chi connectivity index (χ1) is 7.72. The van der Waals surface area contributed by atoms with E-state index in [0.717, 1.165) is 5.92 Å². The average molecular weight is 238 g/mol. The normalized spacial score (nSPS) is 19.5. The summed E-state index contributed by atoms with van der Waals surface area (Å²) in [5, 5.41) is 6.97. The Morgan fingerprint density at radius 3 is 2.56 bits per heavy atom. The van der Waals surface area contributed by atoms with E-state index < -0.39 is 0 Å². The molecular weight excluding hydrogens is 216 g/mol. The van der Waals surface area contributed by atoms with Crippen LogP contribution in [0.5, 0.6) is 0 Å². The molecular formula is C13H22N2S. The van der Waals surface area contributed by atoms with Crippen LogP contribution in [-0.4, -0.2) is 12.0 Å². The lowest BCUT2D eigenvalue weighted by atomic mass is 9.99. The van der Waals surface area contributed by atoms with Crippen LogP contribution in [0.3, 0.4) is 0 Å². The molecule has 2 nitrogen and oxygen atoms in total. The van der Waals surface area contributed by atoms with Gasteiger partial charge < -0.3 is 5.32 Å². The fourth-order valence-electron chi connectivity index (χ4n) is 2.56. The maximum atomic E-state index is 4.78. The highest BCUT2D eigenvalue weighted by molar-refractivity contribution is 7.09. The van der Waals surface area contributed by atoms with E-state index in [2.05, 4.69) is 31.6 Å². The van der Waals surface area contributed by atoms with E-state index in [-0.39, 0.29) is 0 Å². The lowest BCUT2D eigenvalue weighted by Gasteiger charge is -2.20. The van der Waals surface area contributed by atoms with Crippen molar-refractivity contribution in [2.24, 2.45) is 5.92 Å². The van der Waals surface area contributed by atoms with E-state index in [1.165, 1.54) is 36.4 Å². The average Bonchev–Trinajstić information content (AvgIpc) is 2.88. The molecule has 3 heteroatoms. The molecule has 0 radical (unpaired) electrons. The Hall–Kier alpha value is -0.410. The summed E-state index contributed by atoms with van der Waals surface area (Å²) in [6, 6.07) is 0.486. The van der Waals surface area contributed by atoms with Gasteiger partial charge in [-0.1, -0.05) is 26.7 Å². The van der Waals surface area contributed by atoms with Crippen LogP contribution in [0.2, 0.25) is 0 Å². The summed E-state index contributed by atoms with van der Waals surface area (Å²) in [6.45, 7) is 4.42. The smallest absolute Gasteiger partial charge is 0.110 e. The molecule has 1 fully saturated rings. The second-order valence-electron chi connectivity index (χ2n) is 5.08. The summed E-state index contributed by atoms with van der Waals surface area (Å²) in [5.74, 6) is 1.35. The zero-order chi connectivity index (χ0) is 11.5. The molecule has 1 atom stereocenters. The molecule has 1 aromatic rings. The maximum absolute atomic E-state index is 4.78. The predicted octanol–water partition coefficient (Wildman–Crippen LogP) is 3.72. The van der Waals surface area contributed by atoms with E-state index in [9.17, 15) is 0 Å². The SMILES string of the molecule is CNC(c1nc(C(C)C)cs1)C1CCCC1. The topological polar surface area (TPSA) is 24.9 Å². The van der Waals surface area contributed by atoms with Crippen molar-refractivity contribution in [1.29, 1.82) is 0 Å². The number of aromatic nitrogens is 1. The Morgan fingerprint density at radius 1 is 1.38 bits per heavy atom. The molecule has 2 rings (SSSR count). The molecule has 1 aromatic heterocycles. The van der Waals surface area contributed by atoms with E-state index in [1.807, 2.05) is 11.3 Å². The van der Waals surface area contributed by atoms with Gasteiger partial charge in [0.15, 0.2) is 0 Å². The monoisotopic (exact) mass is 238 g/mol. The number of rotatable bonds is 4. The van der Waals surface area contributed by atoms with Crippen molar-refractivity contribution in [1.82, 2.24) is 10.3 Å². The summed E-state index contributed by atoms with van der Waals surface area (Å²) < 4.78 is 0. The van der Waals surface area contributed by atoms with Crippen LogP contribution in [0.4, 0.5) is 0 Å². The van der Waals surface area contributed by atoms with Crippen LogP contribution in [0.25, 0.3) is 0 Å². The summed E-state index contributed by atoms with van der Waals surface area (Å²) in [4.78, 5) is 4.78. The summed E-state index contributed by atoms with van der Waals surface area (Å²) in [7, 11) is 2.07. The Balaban J connectivity index is 2.12. The molecule has 0 aliphatic heterocycles. The molecule has 0 spiro atoms. The van der Waals surface area contributed by atoms with Crippen molar-refractivity contribution in [3.05, 3.63) is 16.1 Å². The zero-order valence-corrected chi connectivity index (χ0v) is 11.3. The van der Waals surface area contributed by atoms with Gasteiger partial charge in [-0.15, -0.1) is 11.3 Å². The minimum Gasteiger partial charge on any atom is -0.311 e. The van der Waals surface area contributed by atoms with E-state index in [0.29, 0.717) is 12.0 Å². The minimum atomic E-state index is 0.486. The molecule has 0 saturated heterocycles. The van der Waals surface area contributed by atoms with Crippen LogP contribution in [0, 0.1) is 5.92 Å². The Bertz CT molecular complexity index is 326. The number of nitrogens with zero attached hydrogens (tertiary/aromatic N) is 1.